The van der Waals surface area contributed by atoms with Gasteiger partial charge in [-0.3, -0.25) is 9.69 Å². The Balaban J connectivity index is 1.48. The molecule has 2 atom stereocenters. The molecule has 1 aromatic heterocycles. The molecule has 126 valence electrons. The van der Waals surface area contributed by atoms with Gasteiger partial charge < -0.3 is 9.73 Å². The van der Waals surface area contributed by atoms with Crippen molar-refractivity contribution >= 4 is 5.91 Å². The van der Waals surface area contributed by atoms with Crippen LogP contribution in [0.3, 0.4) is 0 Å². The topological polar surface area (TPSA) is 45.5 Å². The van der Waals surface area contributed by atoms with Crippen molar-refractivity contribution in [2.75, 3.05) is 13.1 Å². The predicted octanol–water partition coefficient (Wildman–Crippen LogP) is 3.30. The van der Waals surface area contributed by atoms with E-state index in [0.717, 1.165) is 31.5 Å². The van der Waals surface area contributed by atoms with Crippen molar-refractivity contribution in [2.24, 2.45) is 5.92 Å². The van der Waals surface area contributed by atoms with Crippen LogP contribution >= 0.6 is 0 Å². The molecular formula is C19H21FN2O2. The summed E-state index contributed by atoms with van der Waals surface area (Å²) in [5.74, 6) is 0.967. The van der Waals surface area contributed by atoms with E-state index in [0.29, 0.717) is 23.5 Å². The zero-order valence-corrected chi connectivity index (χ0v) is 13.7. The second kappa shape index (κ2) is 6.06. The van der Waals surface area contributed by atoms with Crippen LogP contribution in [-0.2, 0) is 0 Å². The molecule has 3 saturated heterocycles. The number of halogens is 1. The third kappa shape index (κ3) is 2.73. The van der Waals surface area contributed by atoms with E-state index in [2.05, 4.69) is 17.1 Å². The van der Waals surface area contributed by atoms with Crippen LogP contribution in [0.25, 0.3) is 11.3 Å². The molecule has 24 heavy (non-hydrogen) atoms. The number of hydrogen-bond acceptors (Lipinski definition) is 3. The number of piperidine rings is 3. The number of furan rings is 1. The summed E-state index contributed by atoms with van der Waals surface area (Å²) in [5.41, 5.74) is 0.756. The minimum atomic E-state index is -0.292. The molecular weight excluding hydrogens is 307 g/mol. The number of fused-ring (bicyclic) bond motifs is 3. The molecule has 2 bridgehead atoms. The standard InChI is InChI=1S/C19H21FN2O2/c1-12-18(14-8-10-22(12)11-9-14)21-19(23)17-7-6-16(24-17)13-2-4-15(20)5-3-13/h2-7,12,14,18H,8-11H2,1H3,(H,21,23). The van der Waals surface area contributed by atoms with Gasteiger partial charge in [0.15, 0.2) is 5.76 Å². The SMILES string of the molecule is CC1C(NC(=O)c2ccc(-c3ccc(F)cc3)o2)C2CCN1CC2. The van der Waals surface area contributed by atoms with Crippen molar-refractivity contribution in [3.63, 3.8) is 0 Å². The lowest BCUT2D eigenvalue weighted by Gasteiger charge is -2.49. The summed E-state index contributed by atoms with van der Waals surface area (Å²) in [5, 5.41) is 3.16. The number of carbonyl (C=O) groups is 1. The summed E-state index contributed by atoms with van der Waals surface area (Å²) >= 11 is 0. The van der Waals surface area contributed by atoms with Gasteiger partial charge in [0.2, 0.25) is 0 Å². The first-order chi connectivity index (χ1) is 11.6. The second-order valence-electron chi connectivity index (χ2n) is 6.78. The van der Waals surface area contributed by atoms with Crippen LogP contribution in [0.15, 0.2) is 40.8 Å². The molecule has 2 aromatic rings. The molecule has 0 radical (unpaired) electrons. The smallest absolute Gasteiger partial charge is 0.287 e. The maximum atomic E-state index is 13.0. The summed E-state index contributed by atoms with van der Waals surface area (Å²) in [6.45, 7) is 4.45. The minimum absolute atomic E-state index is 0.172. The van der Waals surface area contributed by atoms with E-state index in [1.807, 2.05) is 0 Å². The Hall–Kier alpha value is -2.14. The fraction of sp³-hybridized carbons (Fsp3) is 0.421. The molecule has 0 saturated carbocycles. The van der Waals surface area contributed by atoms with Crippen LogP contribution in [0.1, 0.15) is 30.3 Å². The molecule has 0 aliphatic carbocycles. The molecule has 3 aliphatic heterocycles. The largest absolute Gasteiger partial charge is 0.451 e. The van der Waals surface area contributed by atoms with Gasteiger partial charge in [-0.25, -0.2) is 4.39 Å². The van der Waals surface area contributed by atoms with Gasteiger partial charge in [0.05, 0.1) is 0 Å². The number of amides is 1. The van der Waals surface area contributed by atoms with E-state index < -0.39 is 0 Å². The third-order valence-electron chi connectivity index (χ3n) is 5.43. The van der Waals surface area contributed by atoms with Crippen LogP contribution in [-0.4, -0.2) is 36.0 Å². The average Bonchev–Trinajstić information content (AvgIpc) is 3.09. The Morgan fingerprint density at radius 3 is 2.54 bits per heavy atom. The third-order valence-corrected chi connectivity index (χ3v) is 5.43. The predicted molar refractivity (Wildman–Crippen MR) is 89.1 cm³/mol. The fourth-order valence-electron chi connectivity index (χ4n) is 4.00. The summed E-state index contributed by atoms with van der Waals surface area (Å²) in [6.07, 6.45) is 2.29. The minimum Gasteiger partial charge on any atom is -0.451 e. The van der Waals surface area contributed by atoms with E-state index in [4.69, 9.17) is 4.42 Å². The van der Waals surface area contributed by atoms with Gasteiger partial charge in [0, 0.05) is 17.6 Å². The van der Waals surface area contributed by atoms with Crippen LogP contribution in [0.5, 0.6) is 0 Å². The van der Waals surface area contributed by atoms with Crippen molar-refractivity contribution in [3.05, 3.63) is 48.0 Å². The zero-order valence-electron chi connectivity index (χ0n) is 13.7. The van der Waals surface area contributed by atoms with E-state index in [-0.39, 0.29) is 17.8 Å². The maximum Gasteiger partial charge on any atom is 0.287 e. The number of rotatable bonds is 3. The molecule has 0 spiro atoms. The normalized spacial score (nSPS) is 28.8. The molecule has 4 heterocycles. The van der Waals surface area contributed by atoms with E-state index in [1.165, 1.54) is 12.1 Å². The van der Waals surface area contributed by atoms with Crippen molar-refractivity contribution < 1.29 is 13.6 Å². The highest BCUT2D eigenvalue weighted by Crippen LogP contribution is 2.32. The first kappa shape index (κ1) is 15.4. The monoisotopic (exact) mass is 328 g/mol. The molecule has 4 nitrogen and oxygen atoms in total. The van der Waals surface area contributed by atoms with Crippen LogP contribution < -0.4 is 5.32 Å². The van der Waals surface area contributed by atoms with Crippen molar-refractivity contribution in [1.82, 2.24) is 10.2 Å². The molecule has 3 aliphatic rings. The molecule has 2 unspecified atom stereocenters. The van der Waals surface area contributed by atoms with Crippen LogP contribution in [0.4, 0.5) is 4.39 Å². The highest BCUT2D eigenvalue weighted by molar-refractivity contribution is 5.92. The fourth-order valence-corrected chi connectivity index (χ4v) is 4.00. The average molecular weight is 328 g/mol. The first-order valence-corrected chi connectivity index (χ1v) is 8.52. The van der Waals surface area contributed by atoms with Gasteiger partial charge in [0.25, 0.3) is 5.91 Å². The van der Waals surface area contributed by atoms with Crippen molar-refractivity contribution in [1.29, 1.82) is 0 Å². The Morgan fingerprint density at radius 2 is 1.88 bits per heavy atom. The summed E-state index contributed by atoms with van der Waals surface area (Å²) in [6, 6.07) is 10.0. The van der Waals surface area contributed by atoms with Crippen molar-refractivity contribution in [3.8, 4) is 11.3 Å². The molecule has 1 amide bonds. The number of hydrogen-bond donors (Lipinski definition) is 1. The van der Waals surface area contributed by atoms with Gasteiger partial charge in [0.1, 0.15) is 11.6 Å². The highest BCUT2D eigenvalue weighted by Gasteiger charge is 2.40. The second-order valence-corrected chi connectivity index (χ2v) is 6.78. The number of benzene rings is 1. The van der Waals surface area contributed by atoms with E-state index >= 15 is 0 Å². The van der Waals surface area contributed by atoms with Gasteiger partial charge in [-0.1, -0.05) is 0 Å². The van der Waals surface area contributed by atoms with E-state index in [9.17, 15) is 9.18 Å². The maximum absolute atomic E-state index is 13.0. The quantitative estimate of drug-likeness (QED) is 0.940. The first-order valence-electron chi connectivity index (χ1n) is 8.52. The van der Waals surface area contributed by atoms with Crippen molar-refractivity contribution in [2.45, 2.75) is 31.8 Å². The Kier molecular flexibility index (Phi) is 3.88. The summed E-state index contributed by atoms with van der Waals surface area (Å²) in [7, 11) is 0. The van der Waals surface area contributed by atoms with E-state index in [1.54, 1.807) is 24.3 Å². The molecule has 5 rings (SSSR count). The highest BCUT2D eigenvalue weighted by atomic mass is 19.1. The van der Waals surface area contributed by atoms with Gasteiger partial charge in [-0.2, -0.15) is 0 Å². The van der Waals surface area contributed by atoms with Gasteiger partial charge in [-0.05, 0) is 75.2 Å². The Bertz CT molecular complexity index is 730. The summed E-state index contributed by atoms with van der Waals surface area (Å²) in [4.78, 5) is 15.0. The number of nitrogens with one attached hydrogen (secondary N) is 1. The molecule has 3 fully saturated rings. The van der Waals surface area contributed by atoms with Gasteiger partial charge in [-0.15, -0.1) is 0 Å². The number of carbonyl (C=O) groups excluding carboxylic acids is 1. The lowest BCUT2D eigenvalue weighted by Crippen LogP contribution is -2.62. The molecule has 5 heteroatoms. The summed E-state index contributed by atoms with van der Waals surface area (Å²) < 4.78 is 18.7. The van der Waals surface area contributed by atoms with Crippen LogP contribution in [0.2, 0.25) is 0 Å². The molecule has 1 N–H and O–H groups in total. The molecule has 1 aromatic carbocycles. The zero-order chi connectivity index (χ0) is 16.7. The lowest BCUT2D eigenvalue weighted by molar-refractivity contribution is 0.0211. The number of nitrogens with zero attached hydrogens (tertiary/aromatic N) is 1. The van der Waals surface area contributed by atoms with Gasteiger partial charge >= 0.3 is 0 Å². The Morgan fingerprint density at radius 1 is 1.17 bits per heavy atom. The van der Waals surface area contributed by atoms with Crippen LogP contribution in [0, 0.1) is 11.7 Å². The Labute approximate surface area is 140 Å². The lowest BCUT2D eigenvalue weighted by atomic mass is 9.79.